The molecule has 1 aromatic heterocycles. The van der Waals surface area contributed by atoms with Crippen molar-refractivity contribution in [3.63, 3.8) is 0 Å². The Kier molecular flexibility index (Phi) is 6.56. The van der Waals surface area contributed by atoms with Crippen LogP contribution in [0.2, 0.25) is 5.02 Å². The minimum atomic E-state index is -0.414. The second-order valence-corrected chi connectivity index (χ2v) is 9.26. The van der Waals surface area contributed by atoms with Crippen LogP contribution < -0.4 is 9.64 Å². The average molecular weight is 491 g/mol. The maximum absolute atomic E-state index is 13.1. The highest BCUT2D eigenvalue weighted by Gasteiger charge is 2.26. The summed E-state index contributed by atoms with van der Waals surface area (Å²) in [5, 5.41) is 10.0. The number of benzene rings is 3. The Morgan fingerprint density at radius 3 is 2.59 bits per heavy atom. The Morgan fingerprint density at radius 1 is 1.03 bits per heavy atom. The minimum Gasteiger partial charge on any atom is -0.481 e. The van der Waals surface area contributed by atoms with E-state index >= 15 is 0 Å². The first-order valence-electron chi connectivity index (χ1n) is 11.0. The number of carbonyl (C=O) groups excluding carboxylic acids is 1. The molecule has 34 heavy (non-hydrogen) atoms. The molecule has 6 nitrogen and oxygen atoms in total. The second-order valence-electron chi connectivity index (χ2n) is 7.91. The molecule has 0 saturated carbocycles. The van der Waals surface area contributed by atoms with Gasteiger partial charge in [-0.15, -0.1) is 10.2 Å². The SMILES string of the molecule is CC(Oc1ccccc1Cl)c1nnc(SCC(=O)N2CCc3ccccc32)n1-c1ccccc1. The van der Waals surface area contributed by atoms with Gasteiger partial charge in [0.2, 0.25) is 5.91 Å². The standard InChI is InChI=1S/C26H23ClN4O2S/c1-18(33-23-14-8-6-12-21(23)27)25-28-29-26(31(25)20-10-3-2-4-11-20)34-17-24(32)30-16-15-19-9-5-7-13-22(19)30/h2-14,18H,15-17H2,1H3. The molecule has 172 valence electrons. The highest BCUT2D eigenvalue weighted by molar-refractivity contribution is 7.99. The number of para-hydroxylation sites is 3. The second kappa shape index (κ2) is 9.91. The molecule has 4 aromatic rings. The molecule has 0 N–H and O–H groups in total. The molecule has 0 radical (unpaired) electrons. The van der Waals surface area contributed by atoms with Crippen LogP contribution in [0.4, 0.5) is 5.69 Å². The van der Waals surface area contributed by atoms with E-state index in [0.29, 0.717) is 28.3 Å². The smallest absolute Gasteiger partial charge is 0.237 e. The van der Waals surface area contributed by atoms with Gasteiger partial charge >= 0.3 is 0 Å². The molecule has 1 unspecified atom stereocenters. The molecular formula is C26H23ClN4O2S. The first-order chi connectivity index (χ1) is 16.6. The average Bonchev–Trinajstić information content (AvgIpc) is 3.49. The van der Waals surface area contributed by atoms with Crippen LogP contribution in [0, 0.1) is 0 Å². The number of carbonyl (C=O) groups is 1. The fraction of sp³-hybridized carbons (Fsp3) is 0.192. The number of aromatic nitrogens is 3. The van der Waals surface area contributed by atoms with Crippen molar-refractivity contribution in [3.05, 3.63) is 95.3 Å². The van der Waals surface area contributed by atoms with Crippen molar-refractivity contribution in [2.24, 2.45) is 0 Å². The van der Waals surface area contributed by atoms with Crippen molar-refractivity contribution in [1.82, 2.24) is 14.8 Å². The van der Waals surface area contributed by atoms with Gasteiger partial charge in [0.05, 0.1) is 10.8 Å². The number of halogens is 1. The third-order valence-electron chi connectivity index (χ3n) is 5.69. The maximum Gasteiger partial charge on any atom is 0.237 e. The predicted octanol–water partition coefficient (Wildman–Crippen LogP) is 5.74. The van der Waals surface area contributed by atoms with E-state index in [-0.39, 0.29) is 11.7 Å². The fourth-order valence-corrected chi connectivity index (χ4v) is 5.06. The van der Waals surface area contributed by atoms with Crippen LogP contribution in [0.5, 0.6) is 5.75 Å². The lowest BCUT2D eigenvalue weighted by atomic mass is 10.2. The van der Waals surface area contributed by atoms with Crippen molar-refractivity contribution in [3.8, 4) is 11.4 Å². The van der Waals surface area contributed by atoms with Crippen LogP contribution in [0.1, 0.15) is 24.4 Å². The number of fused-ring (bicyclic) bond motifs is 1. The lowest BCUT2D eigenvalue weighted by molar-refractivity contribution is -0.116. The Hall–Kier alpha value is -3.29. The largest absolute Gasteiger partial charge is 0.481 e. The zero-order valence-electron chi connectivity index (χ0n) is 18.6. The van der Waals surface area contributed by atoms with E-state index in [2.05, 4.69) is 16.3 Å². The van der Waals surface area contributed by atoms with E-state index in [0.717, 1.165) is 17.8 Å². The number of anilines is 1. The van der Waals surface area contributed by atoms with Crippen molar-refractivity contribution < 1.29 is 9.53 Å². The van der Waals surface area contributed by atoms with Crippen molar-refractivity contribution in [2.45, 2.75) is 24.6 Å². The first-order valence-corrected chi connectivity index (χ1v) is 12.4. The molecule has 2 heterocycles. The third-order valence-corrected chi connectivity index (χ3v) is 6.92. The summed E-state index contributed by atoms with van der Waals surface area (Å²) < 4.78 is 8.05. The van der Waals surface area contributed by atoms with E-state index in [1.807, 2.05) is 83.1 Å². The topological polar surface area (TPSA) is 60.3 Å². The van der Waals surface area contributed by atoms with Crippen molar-refractivity contribution >= 4 is 35.0 Å². The minimum absolute atomic E-state index is 0.0551. The van der Waals surface area contributed by atoms with Crippen molar-refractivity contribution in [2.75, 3.05) is 17.2 Å². The van der Waals surface area contributed by atoms with E-state index in [1.54, 1.807) is 6.07 Å². The molecule has 0 saturated heterocycles. The Balaban J connectivity index is 1.39. The molecule has 1 amide bonds. The van der Waals surface area contributed by atoms with Crippen LogP contribution in [-0.2, 0) is 11.2 Å². The molecule has 0 bridgehead atoms. The number of thioether (sulfide) groups is 1. The van der Waals surface area contributed by atoms with Crippen molar-refractivity contribution in [1.29, 1.82) is 0 Å². The lowest BCUT2D eigenvalue weighted by Crippen LogP contribution is -2.30. The number of nitrogens with zero attached hydrogens (tertiary/aromatic N) is 4. The van der Waals surface area contributed by atoms with Gasteiger partial charge < -0.3 is 9.64 Å². The summed E-state index contributed by atoms with van der Waals surface area (Å²) in [5.74, 6) is 1.53. The third kappa shape index (κ3) is 4.54. The van der Waals surface area contributed by atoms with E-state index in [4.69, 9.17) is 16.3 Å². The molecule has 3 aromatic carbocycles. The molecule has 5 rings (SSSR count). The summed E-state index contributed by atoms with van der Waals surface area (Å²) in [4.78, 5) is 14.9. The van der Waals surface area contributed by atoms with Crippen LogP contribution >= 0.6 is 23.4 Å². The van der Waals surface area contributed by atoms with Crippen LogP contribution in [0.15, 0.2) is 84.0 Å². The van der Waals surface area contributed by atoms with Gasteiger partial charge in [-0.3, -0.25) is 9.36 Å². The van der Waals surface area contributed by atoms with Gasteiger partial charge in [-0.2, -0.15) is 0 Å². The van der Waals surface area contributed by atoms with E-state index in [9.17, 15) is 4.79 Å². The number of amides is 1. The number of rotatable bonds is 7. The summed E-state index contributed by atoms with van der Waals surface area (Å²) in [7, 11) is 0. The summed E-state index contributed by atoms with van der Waals surface area (Å²) in [6, 6.07) is 25.2. The highest BCUT2D eigenvalue weighted by Crippen LogP contribution is 2.32. The molecule has 1 aliphatic rings. The molecule has 0 spiro atoms. The summed E-state index contributed by atoms with van der Waals surface area (Å²) in [5.41, 5.74) is 3.11. The number of ether oxygens (including phenoxy) is 1. The van der Waals surface area contributed by atoms with Gasteiger partial charge in [-0.1, -0.05) is 71.9 Å². The monoisotopic (exact) mass is 490 g/mol. The van der Waals surface area contributed by atoms with Gasteiger partial charge in [-0.25, -0.2) is 0 Å². The summed E-state index contributed by atoms with van der Waals surface area (Å²) in [6.07, 6.45) is 0.469. The quantitative estimate of drug-likeness (QED) is 0.309. The molecule has 1 aliphatic heterocycles. The van der Waals surface area contributed by atoms with Crippen LogP contribution in [0.25, 0.3) is 5.69 Å². The fourth-order valence-electron chi connectivity index (χ4n) is 4.04. The Morgan fingerprint density at radius 2 is 1.76 bits per heavy atom. The molecule has 8 heteroatoms. The van der Waals surface area contributed by atoms with Gasteiger partial charge in [-0.05, 0) is 49.2 Å². The zero-order chi connectivity index (χ0) is 23.5. The molecular weight excluding hydrogens is 468 g/mol. The first kappa shape index (κ1) is 22.5. The Bertz CT molecular complexity index is 1310. The van der Waals surface area contributed by atoms with Crippen LogP contribution in [0.3, 0.4) is 0 Å². The molecule has 0 fully saturated rings. The Labute approximate surface area is 207 Å². The number of hydrogen-bond donors (Lipinski definition) is 0. The molecule has 0 aliphatic carbocycles. The van der Waals surface area contributed by atoms with E-state index in [1.165, 1.54) is 17.3 Å². The zero-order valence-corrected chi connectivity index (χ0v) is 20.2. The van der Waals surface area contributed by atoms with Crippen LogP contribution in [-0.4, -0.2) is 33.0 Å². The maximum atomic E-state index is 13.1. The predicted molar refractivity (Wildman–Crippen MR) is 135 cm³/mol. The normalized spacial score (nSPS) is 13.5. The number of hydrogen-bond acceptors (Lipinski definition) is 5. The van der Waals surface area contributed by atoms with Gasteiger partial charge in [0.15, 0.2) is 17.1 Å². The highest BCUT2D eigenvalue weighted by atomic mass is 35.5. The lowest BCUT2D eigenvalue weighted by Gasteiger charge is -2.18. The van der Waals surface area contributed by atoms with Gasteiger partial charge in [0.25, 0.3) is 0 Å². The summed E-state index contributed by atoms with van der Waals surface area (Å²) >= 11 is 7.66. The van der Waals surface area contributed by atoms with E-state index < -0.39 is 6.10 Å². The van der Waals surface area contributed by atoms with Gasteiger partial charge in [0, 0.05) is 17.9 Å². The van der Waals surface area contributed by atoms with Gasteiger partial charge in [0.1, 0.15) is 5.75 Å². The summed E-state index contributed by atoms with van der Waals surface area (Å²) in [6.45, 7) is 2.62. The molecule has 1 atom stereocenters.